The van der Waals surface area contributed by atoms with Gasteiger partial charge < -0.3 is 14.8 Å². The van der Waals surface area contributed by atoms with E-state index in [1.165, 1.54) is 0 Å². The first kappa shape index (κ1) is 33.4. The van der Waals surface area contributed by atoms with Gasteiger partial charge in [-0.2, -0.15) is 38.1 Å². The topological polar surface area (TPSA) is 64.6 Å². The number of benzene rings is 1. The summed E-state index contributed by atoms with van der Waals surface area (Å²) in [4.78, 5) is 24.7. The fourth-order valence-corrected chi connectivity index (χ4v) is 4.57. The van der Waals surface area contributed by atoms with Crippen LogP contribution in [0.2, 0.25) is 0 Å². The van der Waals surface area contributed by atoms with Gasteiger partial charge in [0, 0.05) is 4.47 Å². The molecule has 5 nitrogen and oxygen atoms in total. The average molecular weight is 624 g/mol. The highest BCUT2D eigenvalue weighted by Gasteiger charge is 2.70. The first-order valence-electron chi connectivity index (χ1n) is 11.3. The maximum absolute atomic E-state index is 14.0. The lowest BCUT2D eigenvalue weighted by atomic mass is 9.76. The van der Waals surface area contributed by atoms with Gasteiger partial charge >= 0.3 is 24.4 Å². The smallest absolute Gasteiger partial charge is 0.408 e. The molecule has 1 aromatic rings. The third-order valence-corrected chi connectivity index (χ3v) is 6.41. The Hall–Kier alpha value is -1.63. The lowest BCUT2D eigenvalue weighted by molar-refractivity contribution is -0.304. The quantitative estimate of drug-likeness (QED) is 0.175. The van der Waals surface area contributed by atoms with Crippen LogP contribution in [0.4, 0.5) is 31.1 Å². The van der Waals surface area contributed by atoms with E-state index in [0.717, 1.165) is 36.0 Å². The van der Waals surface area contributed by atoms with Crippen LogP contribution in [-0.4, -0.2) is 53.2 Å². The molecule has 0 aliphatic heterocycles. The standard InChI is InChI=1S/C24H32BrF6NO4S/c1-20(2,3)35-18(33)17(32-19(34)36-21(4,5)6)11-13-37-14-12-22(23(26,27)28,24(29,30)31)15-7-9-16(25)10-8-15/h7-10,17H,11-14H2,1-6H3,(H,32,34)/t17-/m0/s1. The van der Waals surface area contributed by atoms with Gasteiger partial charge in [-0.1, -0.05) is 28.1 Å². The molecule has 0 radical (unpaired) electrons. The van der Waals surface area contributed by atoms with E-state index in [0.29, 0.717) is 4.47 Å². The van der Waals surface area contributed by atoms with Crippen LogP contribution < -0.4 is 5.32 Å². The molecule has 1 aromatic carbocycles. The second-order valence-electron chi connectivity index (χ2n) is 10.3. The minimum absolute atomic E-state index is 0.0220. The molecule has 0 saturated carbocycles. The number of hydrogen-bond donors (Lipinski definition) is 1. The molecule has 0 aliphatic carbocycles. The third-order valence-electron chi connectivity index (χ3n) is 4.86. The summed E-state index contributed by atoms with van der Waals surface area (Å²) in [7, 11) is 0. The summed E-state index contributed by atoms with van der Waals surface area (Å²) in [5.41, 5.74) is -6.72. The van der Waals surface area contributed by atoms with Crippen LogP contribution in [0, 0.1) is 0 Å². The van der Waals surface area contributed by atoms with Gasteiger partial charge in [-0.05, 0) is 83.6 Å². The summed E-state index contributed by atoms with van der Waals surface area (Å²) >= 11 is 3.82. The van der Waals surface area contributed by atoms with E-state index < -0.39 is 64.8 Å². The molecule has 0 unspecified atom stereocenters. The number of alkyl carbamates (subject to hydrolysis) is 1. The first-order valence-corrected chi connectivity index (χ1v) is 13.2. The van der Waals surface area contributed by atoms with E-state index >= 15 is 0 Å². The van der Waals surface area contributed by atoms with Crippen LogP contribution in [0.3, 0.4) is 0 Å². The molecule has 0 heterocycles. The van der Waals surface area contributed by atoms with Gasteiger partial charge in [0.1, 0.15) is 17.2 Å². The molecule has 0 bridgehead atoms. The number of hydrogen-bond acceptors (Lipinski definition) is 5. The number of esters is 1. The largest absolute Gasteiger partial charge is 0.458 e. The Balaban J connectivity index is 3.00. The molecular weight excluding hydrogens is 592 g/mol. The van der Waals surface area contributed by atoms with Crippen LogP contribution in [0.5, 0.6) is 0 Å². The molecule has 212 valence electrons. The fourth-order valence-electron chi connectivity index (χ4n) is 3.25. The van der Waals surface area contributed by atoms with Gasteiger partial charge in [-0.25, -0.2) is 9.59 Å². The number of carbonyl (C=O) groups excluding carboxylic acids is 2. The monoisotopic (exact) mass is 623 g/mol. The zero-order valence-electron chi connectivity index (χ0n) is 21.4. The van der Waals surface area contributed by atoms with Crippen LogP contribution in [0.1, 0.15) is 59.9 Å². The van der Waals surface area contributed by atoms with Crippen molar-refractivity contribution in [2.45, 2.75) is 89.4 Å². The first-order chi connectivity index (χ1) is 16.6. The number of nitrogens with one attached hydrogen (secondary N) is 1. The van der Waals surface area contributed by atoms with Crippen LogP contribution in [-0.2, 0) is 19.7 Å². The Labute approximate surface area is 225 Å². The fraction of sp³-hybridized carbons (Fsp3) is 0.667. The SMILES string of the molecule is CC(C)(C)OC(=O)N[C@@H](CCSCCC(c1ccc(Br)cc1)(C(F)(F)F)C(F)(F)F)C(=O)OC(C)(C)C. The van der Waals surface area contributed by atoms with Crippen molar-refractivity contribution in [2.24, 2.45) is 0 Å². The number of ether oxygens (including phenoxy) is 2. The summed E-state index contributed by atoms with van der Waals surface area (Å²) in [5.74, 6) is -1.33. The zero-order valence-corrected chi connectivity index (χ0v) is 23.8. The highest BCUT2D eigenvalue weighted by Crippen LogP contribution is 2.54. The molecule has 0 aromatic heterocycles. The summed E-state index contributed by atoms with van der Waals surface area (Å²) < 4.78 is 94.6. The highest BCUT2D eigenvalue weighted by atomic mass is 79.9. The zero-order chi connectivity index (χ0) is 28.9. The molecule has 0 fully saturated rings. The van der Waals surface area contributed by atoms with Gasteiger partial charge in [-0.15, -0.1) is 0 Å². The van der Waals surface area contributed by atoms with Gasteiger partial charge in [-0.3, -0.25) is 0 Å². The number of amides is 1. The van der Waals surface area contributed by atoms with Gasteiger partial charge in [0.15, 0.2) is 5.41 Å². The number of carbonyl (C=O) groups is 2. The van der Waals surface area contributed by atoms with Crippen molar-refractivity contribution in [2.75, 3.05) is 11.5 Å². The molecule has 13 heteroatoms. The van der Waals surface area contributed by atoms with Crippen molar-refractivity contribution in [3.63, 3.8) is 0 Å². The molecular formula is C24H32BrF6NO4S. The number of thioether (sulfide) groups is 1. The number of halogens is 7. The average Bonchev–Trinajstić information content (AvgIpc) is 2.66. The Morgan fingerprint density at radius 2 is 1.35 bits per heavy atom. The van der Waals surface area contributed by atoms with E-state index in [9.17, 15) is 35.9 Å². The molecule has 0 aliphatic rings. The van der Waals surface area contributed by atoms with Crippen molar-refractivity contribution in [1.82, 2.24) is 5.32 Å². The van der Waals surface area contributed by atoms with Gasteiger partial charge in [0.2, 0.25) is 0 Å². The normalized spacial score (nSPS) is 14.2. The van der Waals surface area contributed by atoms with Gasteiger partial charge in [0.05, 0.1) is 0 Å². The van der Waals surface area contributed by atoms with Crippen molar-refractivity contribution in [3.8, 4) is 0 Å². The van der Waals surface area contributed by atoms with E-state index in [1.54, 1.807) is 41.5 Å². The second-order valence-corrected chi connectivity index (χ2v) is 12.4. The lowest BCUT2D eigenvalue weighted by Gasteiger charge is -2.38. The predicted molar refractivity (Wildman–Crippen MR) is 133 cm³/mol. The van der Waals surface area contributed by atoms with Crippen LogP contribution in [0.25, 0.3) is 0 Å². The molecule has 37 heavy (non-hydrogen) atoms. The summed E-state index contributed by atoms with van der Waals surface area (Å²) in [5, 5.41) is 2.37. The van der Waals surface area contributed by atoms with Crippen LogP contribution in [0.15, 0.2) is 28.7 Å². The minimum Gasteiger partial charge on any atom is -0.458 e. The van der Waals surface area contributed by atoms with Crippen molar-refractivity contribution in [3.05, 3.63) is 34.3 Å². The Bertz CT molecular complexity index is 894. The van der Waals surface area contributed by atoms with Gasteiger partial charge in [0.25, 0.3) is 0 Å². The molecule has 1 rings (SSSR count). The Morgan fingerprint density at radius 3 is 1.78 bits per heavy atom. The summed E-state index contributed by atoms with van der Waals surface area (Å²) in [6, 6.07) is 2.66. The molecule has 1 atom stereocenters. The number of rotatable bonds is 9. The van der Waals surface area contributed by atoms with E-state index in [4.69, 9.17) is 9.47 Å². The number of alkyl halides is 6. The summed E-state index contributed by atoms with van der Waals surface area (Å²) in [6.45, 7) is 9.68. The Kier molecular flexibility index (Phi) is 11.3. The maximum Gasteiger partial charge on any atom is 0.408 e. The molecule has 1 amide bonds. The molecule has 0 saturated heterocycles. The minimum atomic E-state index is -5.60. The maximum atomic E-state index is 14.0. The van der Waals surface area contributed by atoms with Crippen molar-refractivity contribution < 1.29 is 45.4 Å². The molecule has 0 spiro atoms. The summed E-state index contributed by atoms with van der Waals surface area (Å²) in [6.07, 6.45) is -13.5. The van der Waals surface area contributed by atoms with Crippen molar-refractivity contribution in [1.29, 1.82) is 0 Å². The Morgan fingerprint density at radius 1 is 0.865 bits per heavy atom. The van der Waals surface area contributed by atoms with E-state index in [-0.39, 0.29) is 12.2 Å². The lowest BCUT2D eigenvalue weighted by Crippen LogP contribution is -2.54. The van der Waals surface area contributed by atoms with E-state index in [2.05, 4.69) is 21.2 Å². The van der Waals surface area contributed by atoms with Crippen molar-refractivity contribution >= 4 is 39.8 Å². The second kappa shape index (κ2) is 12.5. The predicted octanol–water partition coefficient (Wildman–Crippen LogP) is 7.56. The van der Waals surface area contributed by atoms with E-state index in [1.807, 2.05) is 0 Å². The molecule has 1 N–H and O–H groups in total. The van der Waals surface area contributed by atoms with Crippen LogP contribution >= 0.6 is 27.7 Å². The third kappa shape index (κ3) is 10.2. The highest BCUT2D eigenvalue weighted by molar-refractivity contribution is 9.10.